The minimum absolute atomic E-state index is 0.0634. The molecule has 102 valence electrons. The van der Waals surface area contributed by atoms with Gasteiger partial charge < -0.3 is 5.32 Å². The standard InChI is InChI=1S/C14H19N3OS/c1-10-7-11(2)17(16-10)12(3)8-14(18)15-9-13-5-4-6-19-13/h4-7,12H,8-9H2,1-3H3,(H,15,18). The molecule has 1 unspecified atom stereocenters. The molecule has 0 fully saturated rings. The Morgan fingerprint density at radius 2 is 2.32 bits per heavy atom. The number of carbonyl (C=O) groups excluding carboxylic acids is 1. The SMILES string of the molecule is Cc1cc(C)n(C(C)CC(=O)NCc2cccs2)n1. The van der Waals surface area contributed by atoms with Gasteiger partial charge in [0.05, 0.1) is 18.3 Å². The molecule has 0 bridgehead atoms. The molecule has 0 aliphatic rings. The van der Waals surface area contributed by atoms with Gasteiger partial charge in [-0.25, -0.2) is 0 Å². The monoisotopic (exact) mass is 277 g/mol. The van der Waals surface area contributed by atoms with Crippen molar-refractivity contribution in [3.05, 3.63) is 39.8 Å². The fourth-order valence-corrected chi connectivity index (χ4v) is 2.76. The van der Waals surface area contributed by atoms with Gasteiger partial charge in [-0.3, -0.25) is 9.48 Å². The van der Waals surface area contributed by atoms with Crippen LogP contribution >= 0.6 is 11.3 Å². The van der Waals surface area contributed by atoms with Crippen molar-refractivity contribution in [1.29, 1.82) is 0 Å². The van der Waals surface area contributed by atoms with Crippen LogP contribution in [0.15, 0.2) is 23.6 Å². The maximum absolute atomic E-state index is 11.9. The third kappa shape index (κ3) is 3.67. The predicted octanol–water partition coefficient (Wildman–Crippen LogP) is 2.83. The molecular formula is C14H19N3OS. The summed E-state index contributed by atoms with van der Waals surface area (Å²) in [4.78, 5) is 13.1. The highest BCUT2D eigenvalue weighted by Crippen LogP contribution is 2.14. The van der Waals surface area contributed by atoms with Crippen LogP contribution in [-0.2, 0) is 11.3 Å². The molecule has 0 radical (unpaired) electrons. The summed E-state index contributed by atoms with van der Waals surface area (Å²) in [7, 11) is 0. The zero-order chi connectivity index (χ0) is 13.8. The predicted molar refractivity (Wildman–Crippen MR) is 77.2 cm³/mol. The third-order valence-corrected chi connectivity index (χ3v) is 3.86. The second-order valence-electron chi connectivity index (χ2n) is 4.78. The molecule has 4 nitrogen and oxygen atoms in total. The molecule has 0 aliphatic heterocycles. The van der Waals surface area contributed by atoms with E-state index in [9.17, 15) is 4.79 Å². The van der Waals surface area contributed by atoms with Gasteiger partial charge in [-0.15, -0.1) is 11.3 Å². The van der Waals surface area contributed by atoms with Crippen LogP contribution in [0.5, 0.6) is 0 Å². The van der Waals surface area contributed by atoms with Crippen molar-refractivity contribution in [2.24, 2.45) is 0 Å². The van der Waals surface area contributed by atoms with E-state index < -0.39 is 0 Å². The van der Waals surface area contributed by atoms with Crippen molar-refractivity contribution in [3.8, 4) is 0 Å². The van der Waals surface area contributed by atoms with Gasteiger partial charge in [0.25, 0.3) is 0 Å². The van der Waals surface area contributed by atoms with Gasteiger partial charge in [-0.1, -0.05) is 6.07 Å². The molecule has 1 amide bonds. The van der Waals surface area contributed by atoms with Crippen LogP contribution in [0.1, 0.15) is 35.7 Å². The molecule has 2 aromatic heterocycles. The number of nitrogens with one attached hydrogen (secondary N) is 1. The molecule has 1 N–H and O–H groups in total. The Labute approximate surface area is 117 Å². The maximum Gasteiger partial charge on any atom is 0.222 e. The highest BCUT2D eigenvalue weighted by molar-refractivity contribution is 7.09. The quantitative estimate of drug-likeness (QED) is 0.913. The third-order valence-electron chi connectivity index (χ3n) is 2.98. The largest absolute Gasteiger partial charge is 0.351 e. The molecule has 1 atom stereocenters. The number of aryl methyl sites for hydroxylation is 2. The smallest absolute Gasteiger partial charge is 0.222 e. The summed E-state index contributed by atoms with van der Waals surface area (Å²) in [5.74, 6) is 0.0634. The summed E-state index contributed by atoms with van der Waals surface area (Å²) in [6.07, 6.45) is 0.452. The molecule has 0 saturated heterocycles. The lowest BCUT2D eigenvalue weighted by atomic mass is 10.2. The van der Waals surface area contributed by atoms with Gasteiger partial charge in [0, 0.05) is 17.0 Å². The first-order valence-electron chi connectivity index (χ1n) is 6.38. The Kier molecular flexibility index (Phi) is 4.37. The number of thiophene rings is 1. The van der Waals surface area contributed by atoms with Gasteiger partial charge in [-0.05, 0) is 38.3 Å². The molecule has 0 aromatic carbocycles. The lowest BCUT2D eigenvalue weighted by Crippen LogP contribution is -2.25. The van der Waals surface area contributed by atoms with Crippen LogP contribution < -0.4 is 5.32 Å². The Hall–Kier alpha value is -1.62. The van der Waals surface area contributed by atoms with E-state index in [1.165, 1.54) is 4.88 Å². The number of carbonyl (C=O) groups is 1. The van der Waals surface area contributed by atoms with Gasteiger partial charge >= 0.3 is 0 Å². The lowest BCUT2D eigenvalue weighted by Gasteiger charge is -2.14. The van der Waals surface area contributed by atoms with Crippen molar-refractivity contribution in [2.75, 3.05) is 0 Å². The number of aromatic nitrogens is 2. The minimum Gasteiger partial charge on any atom is -0.351 e. The van der Waals surface area contributed by atoms with Gasteiger partial charge in [-0.2, -0.15) is 5.10 Å². The molecule has 19 heavy (non-hydrogen) atoms. The fourth-order valence-electron chi connectivity index (χ4n) is 2.12. The van der Waals surface area contributed by atoms with Crippen molar-refractivity contribution in [3.63, 3.8) is 0 Å². The summed E-state index contributed by atoms with van der Waals surface area (Å²) >= 11 is 1.65. The first kappa shape index (κ1) is 13.8. The van der Waals surface area contributed by atoms with E-state index in [0.29, 0.717) is 13.0 Å². The second-order valence-corrected chi connectivity index (χ2v) is 5.81. The first-order valence-corrected chi connectivity index (χ1v) is 7.26. The van der Waals surface area contributed by atoms with Crippen molar-refractivity contribution < 1.29 is 4.79 Å². The van der Waals surface area contributed by atoms with Crippen LogP contribution in [0, 0.1) is 13.8 Å². The van der Waals surface area contributed by atoms with E-state index >= 15 is 0 Å². The molecular weight excluding hydrogens is 258 g/mol. The van der Waals surface area contributed by atoms with Crippen LogP contribution in [0.25, 0.3) is 0 Å². The van der Waals surface area contributed by atoms with Gasteiger partial charge in [0.2, 0.25) is 5.91 Å². The highest BCUT2D eigenvalue weighted by Gasteiger charge is 2.13. The zero-order valence-corrected chi connectivity index (χ0v) is 12.3. The van der Waals surface area contributed by atoms with E-state index in [1.54, 1.807) is 11.3 Å². The van der Waals surface area contributed by atoms with E-state index in [2.05, 4.69) is 10.4 Å². The summed E-state index contributed by atoms with van der Waals surface area (Å²) < 4.78 is 1.92. The number of hydrogen-bond donors (Lipinski definition) is 1. The van der Waals surface area contributed by atoms with Crippen molar-refractivity contribution >= 4 is 17.2 Å². The van der Waals surface area contributed by atoms with Crippen molar-refractivity contribution in [2.45, 2.75) is 39.8 Å². The summed E-state index contributed by atoms with van der Waals surface area (Å²) in [5, 5.41) is 9.37. The van der Waals surface area contributed by atoms with Crippen molar-refractivity contribution in [1.82, 2.24) is 15.1 Å². The molecule has 2 heterocycles. The Bertz CT molecular complexity index is 545. The molecule has 0 saturated carbocycles. The van der Waals surface area contributed by atoms with E-state index in [-0.39, 0.29) is 11.9 Å². The van der Waals surface area contributed by atoms with Gasteiger partial charge in [0.15, 0.2) is 0 Å². The molecule has 5 heteroatoms. The highest BCUT2D eigenvalue weighted by atomic mass is 32.1. The Balaban J connectivity index is 1.86. The summed E-state index contributed by atoms with van der Waals surface area (Å²) in [6, 6.07) is 6.12. The van der Waals surface area contributed by atoms with E-state index in [4.69, 9.17) is 0 Å². The van der Waals surface area contributed by atoms with E-state index in [1.807, 2.05) is 49.0 Å². The van der Waals surface area contributed by atoms with Crippen LogP contribution in [0.2, 0.25) is 0 Å². The normalized spacial score (nSPS) is 12.4. The fraction of sp³-hybridized carbons (Fsp3) is 0.429. The van der Waals surface area contributed by atoms with Crippen LogP contribution in [0.4, 0.5) is 0 Å². The average molecular weight is 277 g/mol. The topological polar surface area (TPSA) is 46.9 Å². The second kappa shape index (κ2) is 6.02. The lowest BCUT2D eigenvalue weighted by molar-refractivity contribution is -0.122. The number of nitrogens with zero attached hydrogens (tertiary/aromatic N) is 2. The number of amides is 1. The Morgan fingerprint density at radius 1 is 1.53 bits per heavy atom. The summed E-state index contributed by atoms with van der Waals surface area (Å²) in [6.45, 7) is 6.61. The van der Waals surface area contributed by atoms with Gasteiger partial charge in [0.1, 0.15) is 0 Å². The van der Waals surface area contributed by atoms with Crippen LogP contribution in [-0.4, -0.2) is 15.7 Å². The van der Waals surface area contributed by atoms with Crippen LogP contribution in [0.3, 0.4) is 0 Å². The maximum atomic E-state index is 11.9. The number of hydrogen-bond acceptors (Lipinski definition) is 3. The molecule has 2 rings (SSSR count). The molecule has 2 aromatic rings. The minimum atomic E-state index is 0.0634. The zero-order valence-electron chi connectivity index (χ0n) is 11.5. The number of rotatable bonds is 5. The van der Waals surface area contributed by atoms with E-state index in [0.717, 1.165) is 11.4 Å². The average Bonchev–Trinajstić information content (AvgIpc) is 2.96. The Morgan fingerprint density at radius 3 is 2.89 bits per heavy atom. The molecule has 0 spiro atoms. The summed E-state index contributed by atoms with van der Waals surface area (Å²) in [5.41, 5.74) is 2.08. The first-order chi connectivity index (χ1) is 9.06. The molecule has 0 aliphatic carbocycles.